The van der Waals surface area contributed by atoms with Gasteiger partial charge < -0.3 is 9.84 Å². The van der Waals surface area contributed by atoms with Gasteiger partial charge in [-0.05, 0) is 66.1 Å². The molecular formula is C38H31ClN2O6S. The van der Waals surface area contributed by atoms with Crippen LogP contribution in [0.1, 0.15) is 34.8 Å². The first-order valence-corrected chi connectivity index (χ1v) is 17.2. The van der Waals surface area contributed by atoms with E-state index < -0.39 is 46.8 Å². The predicted molar refractivity (Wildman–Crippen MR) is 181 cm³/mol. The predicted octanol–water partition coefficient (Wildman–Crippen LogP) is 6.48. The molecule has 1 N–H and O–H groups in total. The fraction of sp³-hybridized carbons (Fsp3) is 0.263. The number of likely N-dealkylation sites (tertiary alicyclic amines) is 1. The van der Waals surface area contributed by atoms with E-state index in [1.54, 1.807) is 42.5 Å². The summed E-state index contributed by atoms with van der Waals surface area (Å²) in [5, 5.41) is 13.9. The molecule has 3 heterocycles. The van der Waals surface area contributed by atoms with Crippen LogP contribution in [0.15, 0.2) is 102 Å². The summed E-state index contributed by atoms with van der Waals surface area (Å²) in [6.07, 6.45) is 2.44. The van der Waals surface area contributed by atoms with Crippen molar-refractivity contribution >= 4 is 52.3 Å². The molecule has 0 bridgehead atoms. The lowest BCUT2D eigenvalue weighted by Gasteiger charge is -2.51. The number of allylic oxidation sites excluding steroid dienone is 2. The van der Waals surface area contributed by atoms with E-state index in [9.17, 15) is 19.5 Å². The van der Waals surface area contributed by atoms with Gasteiger partial charge in [-0.1, -0.05) is 71.8 Å². The fourth-order valence-corrected chi connectivity index (χ4v) is 9.72. The van der Waals surface area contributed by atoms with Crippen molar-refractivity contribution in [3.05, 3.63) is 123 Å². The largest absolute Gasteiger partial charge is 0.508 e. The first-order valence-electron chi connectivity index (χ1n) is 15.9. The number of phenols is 1. The minimum atomic E-state index is -1.51. The zero-order valence-corrected chi connectivity index (χ0v) is 27.5. The van der Waals surface area contributed by atoms with Gasteiger partial charge in [0, 0.05) is 21.4 Å². The van der Waals surface area contributed by atoms with Crippen LogP contribution in [0.4, 0.5) is 5.69 Å². The number of thiophene rings is 1. The van der Waals surface area contributed by atoms with E-state index in [0.717, 1.165) is 10.5 Å². The molecule has 1 aromatic heterocycles. The molecule has 242 valence electrons. The van der Waals surface area contributed by atoms with Crippen LogP contribution in [0.25, 0.3) is 0 Å². The number of hydrogen-bond donors (Lipinski definition) is 1. The minimum Gasteiger partial charge on any atom is -0.508 e. The van der Waals surface area contributed by atoms with E-state index in [2.05, 4.69) is 0 Å². The highest BCUT2D eigenvalue weighted by atomic mass is 35.5. The van der Waals surface area contributed by atoms with Gasteiger partial charge >= 0.3 is 0 Å². The van der Waals surface area contributed by atoms with E-state index in [1.165, 1.54) is 28.2 Å². The van der Waals surface area contributed by atoms with Crippen LogP contribution in [0, 0.1) is 23.7 Å². The van der Waals surface area contributed by atoms with E-state index in [1.807, 2.05) is 53.9 Å². The second kappa shape index (κ2) is 11.5. The molecule has 0 radical (unpaired) electrons. The van der Waals surface area contributed by atoms with Crippen LogP contribution < -0.4 is 9.64 Å². The Balaban J connectivity index is 1.37. The van der Waals surface area contributed by atoms with Crippen molar-refractivity contribution in [1.29, 1.82) is 0 Å². The molecule has 2 saturated heterocycles. The Kier molecular flexibility index (Phi) is 7.30. The summed E-state index contributed by atoms with van der Waals surface area (Å²) in [5.74, 6) is -4.76. The van der Waals surface area contributed by atoms with Gasteiger partial charge in [-0.15, -0.1) is 11.3 Å². The number of halogens is 1. The number of benzene rings is 3. The number of amides is 4. The zero-order valence-electron chi connectivity index (χ0n) is 25.9. The lowest BCUT2D eigenvalue weighted by Crippen LogP contribution is -2.53. The summed E-state index contributed by atoms with van der Waals surface area (Å²) < 4.78 is 5.84. The third kappa shape index (κ3) is 4.26. The average molecular weight is 679 g/mol. The molecule has 8 nitrogen and oxygen atoms in total. The normalized spacial score (nSPS) is 27.9. The summed E-state index contributed by atoms with van der Waals surface area (Å²) in [6, 6.07) is 24.6. The van der Waals surface area contributed by atoms with Crippen molar-refractivity contribution in [2.24, 2.45) is 23.7 Å². The third-order valence-corrected chi connectivity index (χ3v) is 11.8. The Labute approximate surface area is 286 Å². The standard InChI is InChI=1S/C38H31ClN2O6S/c1-47-30-14-6-13-29(42)32(30)33-25-15-16-26-31(36(45)40(34(26)43)20-24-12-7-17-48-24)27(25)19-28-35(44)41(23-11-5-10-22(39)18-23)37(46)38(28,33)21-8-3-2-4-9-21/h2-15,17-18,26-28,31,33,42H,16,19-20H2,1H3/t26-,27+,28-,31-,33+,38+/m0/s1. The smallest absolute Gasteiger partial charge is 0.246 e. The number of hydrogen-bond acceptors (Lipinski definition) is 7. The molecule has 3 fully saturated rings. The van der Waals surface area contributed by atoms with E-state index in [4.69, 9.17) is 16.3 Å². The zero-order chi connectivity index (χ0) is 33.3. The Morgan fingerprint density at radius 2 is 1.71 bits per heavy atom. The molecule has 0 spiro atoms. The number of methoxy groups -OCH3 is 1. The summed E-state index contributed by atoms with van der Waals surface area (Å²) in [4.78, 5) is 61.8. The molecule has 2 aliphatic heterocycles. The van der Waals surface area contributed by atoms with Gasteiger partial charge in [0.15, 0.2) is 0 Å². The van der Waals surface area contributed by atoms with Crippen LogP contribution in [0.5, 0.6) is 11.5 Å². The number of ether oxygens (including phenoxy) is 1. The van der Waals surface area contributed by atoms with Crippen molar-refractivity contribution in [1.82, 2.24) is 4.90 Å². The summed E-state index contributed by atoms with van der Waals surface area (Å²) >= 11 is 7.87. The number of carbonyl (C=O) groups excluding carboxylic acids is 4. The molecule has 48 heavy (non-hydrogen) atoms. The highest BCUT2D eigenvalue weighted by molar-refractivity contribution is 7.09. The van der Waals surface area contributed by atoms with Crippen molar-refractivity contribution < 1.29 is 29.0 Å². The molecule has 4 amide bonds. The third-order valence-electron chi connectivity index (χ3n) is 10.7. The number of phenolic OH excluding ortho intramolecular Hbond substituents is 1. The maximum absolute atomic E-state index is 15.3. The molecule has 0 unspecified atom stereocenters. The Bertz CT molecular complexity index is 2010. The summed E-state index contributed by atoms with van der Waals surface area (Å²) in [5.41, 5.74) is 0.565. The lowest BCUT2D eigenvalue weighted by molar-refractivity contribution is -0.141. The maximum Gasteiger partial charge on any atom is 0.246 e. The monoisotopic (exact) mass is 678 g/mol. The lowest BCUT2D eigenvalue weighted by atomic mass is 9.49. The first kappa shape index (κ1) is 30.6. The van der Waals surface area contributed by atoms with Crippen LogP contribution in [-0.4, -0.2) is 40.7 Å². The van der Waals surface area contributed by atoms with Crippen LogP contribution >= 0.6 is 22.9 Å². The Morgan fingerprint density at radius 3 is 2.44 bits per heavy atom. The van der Waals surface area contributed by atoms with Crippen molar-refractivity contribution in [3.8, 4) is 11.5 Å². The molecule has 6 atom stereocenters. The maximum atomic E-state index is 15.3. The average Bonchev–Trinajstić information content (AvgIpc) is 3.76. The molecular weight excluding hydrogens is 648 g/mol. The van der Waals surface area contributed by atoms with Gasteiger partial charge in [0.1, 0.15) is 11.5 Å². The van der Waals surface area contributed by atoms with E-state index >= 15 is 4.79 Å². The second-order valence-electron chi connectivity index (χ2n) is 12.8. The number of carbonyl (C=O) groups is 4. The second-order valence-corrected chi connectivity index (χ2v) is 14.3. The number of aromatic hydroxyl groups is 1. The number of imide groups is 2. The van der Waals surface area contributed by atoms with Gasteiger partial charge in [0.05, 0.1) is 42.5 Å². The molecule has 2 aliphatic carbocycles. The van der Waals surface area contributed by atoms with Gasteiger partial charge in [-0.25, -0.2) is 4.90 Å². The number of nitrogens with zero attached hydrogens (tertiary/aromatic N) is 2. The quantitative estimate of drug-likeness (QED) is 0.185. The molecule has 10 heteroatoms. The van der Waals surface area contributed by atoms with Crippen LogP contribution in [0.3, 0.4) is 0 Å². The van der Waals surface area contributed by atoms with E-state index in [0.29, 0.717) is 34.0 Å². The SMILES string of the molecule is COc1cccc(O)c1[C@H]1C2=CC[C@@H]3C(=O)N(Cc4cccs4)C(=O)[C@@H]3[C@@H]2C[C@H]2C(=O)N(c3cccc(Cl)c3)C(=O)[C@@]12c1ccccc1. The topological polar surface area (TPSA) is 104 Å². The number of fused-ring (bicyclic) bond motifs is 4. The molecule has 1 saturated carbocycles. The Morgan fingerprint density at radius 1 is 0.917 bits per heavy atom. The minimum absolute atomic E-state index is 0.0910. The van der Waals surface area contributed by atoms with Crippen molar-refractivity contribution in [3.63, 3.8) is 0 Å². The van der Waals surface area contributed by atoms with E-state index in [-0.39, 0.29) is 30.5 Å². The molecule has 8 rings (SSSR count). The fourth-order valence-electron chi connectivity index (χ4n) is 8.84. The number of rotatable bonds is 6. The summed E-state index contributed by atoms with van der Waals surface area (Å²) in [7, 11) is 1.50. The molecule has 3 aromatic carbocycles. The number of anilines is 1. The molecule has 4 aromatic rings. The molecule has 4 aliphatic rings. The van der Waals surface area contributed by atoms with Crippen LogP contribution in [0.2, 0.25) is 5.02 Å². The summed E-state index contributed by atoms with van der Waals surface area (Å²) in [6.45, 7) is 0.193. The highest BCUT2D eigenvalue weighted by Crippen LogP contribution is 2.66. The highest BCUT2D eigenvalue weighted by Gasteiger charge is 2.70. The van der Waals surface area contributed by atoms with Gasteiger partial charge in [0.25, 0.3) is 0 Å². The van der Waals surface area contributed by atoms with Gasteiger partial charge in [-0.3, -0.25) is 24.1 Å². The first-order chi connectivity index (χ1) is 23.3. The van der Waals surface area contributed by atoms with Crippen molar-refractivity contribution in [2.75, 3.05) is 12.0 Å². The van der Waals surface area contributed by atoms with Crippen molar-refractivity contribution in [2.45, 2.75) is 30.7 Å². The van der Waals surface area contributed by atoms with Crippen LogP contribution in [-0.2, 0) is 31.1 Å². The Hall–Kier alpha value is -4.73. The van der Waals surface area contributed by atoms with Gasteiger partial charge in [-0.2, -0.15) is 0 Å². The van der Waals surface area contributed by atoms with Gasteiger partial charge in [0.2, 0.25) is 23.6 Å².